The molecule has 27 heavy (non-hydrogen) atoms. The molecule has 2 aliphatic rings. The topological polar surface area (TPSA) is 69.8 Å². The SMILES string of the molecule is O=c1nc2n(Cc3cnc(Cl)s3)cccc-2c(=O)n1CC(F)(F)C(F)(F)F. The molecule has 6 nitrogen and oxygen atoms in total. The highest BCUT2D eigenvalue weighted by molar-refractivity contribution is 7.15. The second-order valence-electron chi connectivity index (χ2n) is 5.44. The van der Waals surface area contributed by atoms with Crippen LogP contribution < -0.4 is 11.2 Å². The van der Waals surface area contributed by atoms with Crippen molar-refractivity contribution in [2.24, 2.45) is 0 Å². The third-order valence-corrected chi connectivity index (χ3v) is 4.67. The minimum absolute atomic E-state index is 0.121. The van der Waals surface area contributed by atoms with Crippen LogP contribution in [-0.2, 0) is 13.1 Å². The molecule has 3 rings (SSSR count). The molecule has 0 aliphatic carbocycles. The smallest absolute Gasteiger partial charge is 0.327 e. The lowest BCUT2D eigenvalue weighted by Crippen LogP contribution is -2.48. The van der Waals surface area contributed by atoms with Crippen molar-refractivity contribution in [3.63, 3.8) is 0 Å². The predicted molar refractivity (Wildman–Crippen MR) is 86.6 cm³/mol. The van der Waals surface area contributed by atoms with Crippen LogP contribution in [-0.4, -0.2) is 31.2 Å². The summed E-state index contributed by atoms with van der Waals surface area (Å²) < 4.78 is 65.1. The van der Waals surface area contributed by atoms with Crippen LogP contribution in [0.1, 0.15) is 4.88 Å². The summed E-state index contributed by atoms with van der Waals surface area (Å²) in [4.78, 5) is 32.3. The first-order chi connectivity index (χ1) is 12.5. The molecule has 3 heterocycles. The number of fused-ring (bicyclic) bond motifs is 1. The average molecular weight is 427 g/mol. The van der Waals surface area contributed by atoms with Crippen LogP contribution in [0, 0.1) is 0 Å². The summed E-state index contributed by atoms with van der Waals surface area (Å²) >= 11 is 6.86. The van der Waals surface area contributed by atoms with Gasteiger partial charge >= 0.3 is 17.8 Å². The number of pyridine rings is 1. The first-order valence-corrected chi connectivity index (χ1v) is 8.34. The molecular weight excluding hydrogens is 419 g/mol. The maximum atomic E-state index is 13.3. The number of aromatic nitrogens is 4. The maximum absolute atomic E-state index is 13.3. The van der Waals surface area contributed by atoms with Gasteiger partial charge in [0, 0.05) is 17.3 Å². The number of nitrogens with zero attached hydrogens (tertiary/aromatic N) is 4. The van der Waals surface area contributed by atoms with E-state index in [0.29, 0.717) is 4.88 Å². The Bertz CT molecular complexity index is 1070. The van der Waals surface area contributed by atoms with Gasteiger partial charge in [-0.15, -0.1) is 11.3 Å². The van der Waals surface area contributed by atoms with E-state index >= 15 is 0 Å². The summed E-state index contributed by atoms with van der Waals surface area (Å²) in [5.74, 6) is -5.40. The molecule has 0 spiro atoms. The van der Waals surface area contributed by atoms with E-state index < -0.39 is 29.9 Å². The van der Waals surface area contributed by atoms with Crippen molar-refractivity contribution < 1.29 is 22.0 Å². The lowest BCUT2D eigenvalue weighted by atomic mass is 10.2. The Morgan fingerprint density at radius 1 is 1.19 bits per heavy atom. The van der Waals surface area contributed by atoms with Gasteiger partial charge in [-0.05, 0) is 12.1 Å². The molecular formula is C14H8ClF5N4O2S. The molecule has 0 saturated carbocycles. The Kier molecular flexibility index (Phi) is 4.80. The molecule has 13 heteroatoms. The van der Waals surface area contributed by atoms with Crippen molar-refractivity contribution in [2.75, 3.05) is 0 Å². The summed E-state index contributed by atoms with van der Waals surface area (Å²) in [6, 6.07) is 2.56. The average Bonchev–Trinajstić information content (AvgIpc) is 2.96. The second kappa shape index (κ2) is 6.68. The van der Waals surface area contributed by atoms with Gasteiger partial charge in [0.25, 0.3) is 5.56 Å². The molecule has 0 radical (unpaired) electrons. The second-order valence-corrected chi connectivity index (χ2v) is 7.14. The van der Waals surface area contributed by atoms with Crippen molar-refractivity contribution in [3.05, 3.63) is 54.7 Å². The number of hydrogen-bond acceptors (Lipinski definition) is 5. The van der Waals surface area contributed by atoms with Crippen LogP contribution in [0.25, 0.3) is 11.4 Å². The Morgan fingerprint density at radius 2 is 1.89 bits per heavy atom. The summed E-state index contributed by atoms with van der Waals surface area (Å²) in [7, 11) is 0. The first kappa shape index (κ1) is 19.4. The number of rotatable bonds is 4. The standard InChI is InChI=1S/C14H8ClF5N4O2S/c15-11-21-4-7(27-11)5-23-3-1-2-8-9(23)22-12(26)24(10(8)25)6-13(16,17)14(18,19)20/h1-4H,5-6H2. The van der Waals surface area contributed by atoms with Crippen molar-refractivity contribution in [2.45, 2.75) is 25.2 Å². The van der Waals surface area contributed by atoms with Gasteiger partial charge in [-0.1, -0.05) is 11.6 Å². The van der Waals surface area contributed by atoms with Crippen molar-refractivity contribution in [1.29, 1.82) is 0 Å². The van der Waals surface area contributed by atoms with Crippen LogP contribution in [0.4, 0.5) is 22.0 Å². The summed E-state index contributed by atoms with van der Waals surface area (Å²) in [6.07, 6.45) is -2.98. The van der Waals surface area contributed by atoms with Crippen LogP contribution >= 0.6 is 22.9 Å². The van der Waals surface area contributed by atoms with Crippen LogP contribution in [0.3, 0.4) is 0 Å². The zero-order valence-corrected chi connectivity index (χ0v) is 14.6. The van der Waals surface area contributed by atoms with Crippen LogP contribution in [0.2, 0.25) is 4.47 Å². The Morgan fingerprint density at radius 3 is 2.48 bits per heavy atom. The molecule has 0 amide bonds. The summed E-state index contributed by atoms with van der Waals surface area (Å²) in [6.45, 7) is -2.02. The fourth-order valence-corrected chi connectivity index (χ4v) is 3.27. The molecule has 1 aromatic heterocycles. The molecule has 144 valence electrons. The molecule has 0 N–H and O–H groups in total. The van der Waals surface area contributed by atoms with Gasteiger partial charge in [0.2, 0.25) is 0 Å². The van der Waals surface area contributed by atoms with Gasteiger partial charge in [-0.3, -0.25) is 9.36 Å². The Labute approximate surface area is 155 Å². The van der Waals surface area contributed by atoms with Crippen molar-refractivity contribution in [1.82, 2.24) is 19.1 Å². The van der Waals surface area contributed by atoms with Crippen molar-refractivity contribution in [3.8, 4) is 11.4 Å². The van der Waals surface area contributed by atoms with E-state index in [1.165, 1.54) is 29.1 Å². The monoisotopic (exact) mass is 426 g/mol. The minimum Gasteiger partial charge on any atom is -0.327 e. The highest BCUT2D eigenvalue weighted by Gasteiger charge is 2.58. The molecule has 1 aromatic rings. The van der Waals surface area contributed by atoms with E-state index in [2.05, 4.69) is 9.97 Å². The zero-order chi connectivity index (χ0) is 20.0. The van der Waals surface area contributed by atoms with E-state index in [0.717, 1.165) is 11.3 Å². The molecule has 0 bridgehead atoms. The van der Waals surface area contributed by atoms with Crippen LogP contribution in [0.5, 0.6) is 0 Å². The lowest BCUT2D eigenvalue weighted by molar-refractivity contribution is -0.287. The van der Waals surface area contributed by atoms with Crippen molar-refractivity contribution >= 4 is 22.9 Å². The van der Waals surface area contributed by atoms with E-state index in [1.807, 2.05) is 0 Å². The molecule has 2 aliphatic heterocycles. The third kappa shape index (κ3) is 3.72. The van der Waals surface area contributed by atoms with E-state index in [4.69, 9.17) is 11.6 Å². The van der Waals surface area contributed by atoms with Gasteiger partial charge in [-0.25, -0.2) is 9.78 Å². The molecule has 0 saturated heterocycles. The van der Waals surface area contributed by atoms with Gasteiger partial charge in [0.1, 0.15) is 6.54 Å². The maximum Gasteiger partial charge on any atom is 0.455 e. The molecule has 0 unspecified atom stereocenters. The number of thiazole rings is 1. The van der Waals surface area contributed by atoms with Crippen LogP contribution in [0.15, 0.2) is 34.1 Å². The highest BCUT2D eigenvalue weighted by Crippen LogP contribution is 2.36. The quantitative estimate of drug-likeness (QED) is 0.602. The Balaban J connectivity index is 2.09. The summed E-state index contributed by atoms with van der Waals surface area (Å²) in [5.41, 5.74) is -3.06. The number of halogens is 6. The molecule has 0 aromatic carbocycles. The minimum atomic E-state index is -5.91. The third-order valence-electron chi connectivity index (χ3n) is 3.57. The predicted octanol–water partition coefficient (Wildman–Crippen LogP) is 2.87. The van der Waals surface area contributed by atoms with Gasteiger partial charge in [-0.2, -0.15) is 26.9 Å². The number of hydrogen-bond donors (Lipinski definition) is 0. The fourth-order valence-electron chi connectivity index (χ4n) is 2.30. The largest absolute Gasteiger partial charge is 0.455 e. The van der Waals surface area contributed by atoms with Gasteiger partial charge in [0.15, 0.2) is 10.3 Å². The highest BCUT2D eigenvalue weighted by atomic mass is 35.5. The normalized spacial score (nSPS) is 12.7. The van der Waals surface area contributed by atoms with E-state index in [1.54, 1.807) is 0 Å². The Hall–Kier alpha value is -2.34. The number of alkyl halides is 5. The fraction of sp³-hybridized carbons (Fsp3) is 0.286. The van der Waals surface area contributed by atoms with Gasteiger partial charge < -0.3 is 4.57 Å². The van der Waals surface area contributed by atoms with E-state index in [9.17, 15) is 31.5 Å². The first-order valence-electron chi connectivity index (χ1n) is 7.14. The molecule has 0 atom stereocenters. The van der Waals surface area contributed by atoms with Gasteiger partial charge in [0.05, 0.1) is 12.1 Å². The van der Waals surface area contributed by atoms with E-state index in [-0.39, 0.29) is 27.0 Å². The zero-order valence-electron chi connectivity index (χ0n) is 13.0. The molecule has 0 fully saturated rings. The lowest BCUT2D eigenvalue weighted by Gasteiger charge is -2.20. The summed E-state index contributed by atoms with van der Waals surface area (Å²) in [5, 5.41) is 0.